The molecule has 72 valence electrons. The number of aliphatic hydroxyl groups is 1. The Morgan fingerprint density at radius 3 is 2.58 bits per heavy atom. The number of hydrogen-bond donors (Lipinski definition) is 3. The van der Waals surface area contributed by atoms with E-state index in [2.05, 4.69) is 10.6 Å². The van der Waals surface area contributed by atoms with Crippen molar-refractivity contribution in [2.75, 3.05) is 31.3 Å². The molecule has 0 aromatic heterocycles. The molecule has 2 saturated heterocycles. The third-order valence-corrected chi connectivity index (χ3v) is 2.91. The molecule has 2 aliphatic heterocycles. The van der Waals surface area contributed by atoms with Gasteiger partial charge in [0.25, 0.3) is 0 Å². The predicted molar refractivity (Wildman–Crippen MR) is 53.4 cm³/mol. The van der Waals surface area contributed by atoms with E-state index in [4.69, 9.17) is 5.11 Å². The van der Waals surface area contributed by atoms with Crippen molar-refractivity contribution in [1.29, 1.82) is 0 Å². The maximum absolute atomic E-state index is 8.50. The van der Waals surface area contributed by atoms with E-state index in [-0.39, 0.29) is 0 Å². The Morgan fingerprint density at radius 1 is 1.42 bits per heavy atom. The molecule has 0 bridgehead atoms. The Bertz CT molecular complexity index is 95.6. The van der Waals surface area contributed by atoms with E-state index in [9.17, 15) is 0 Å². The third-order valence-electron chi connectivity index (χ3n) is 2.01. The van der Waals surface area contributed by atoms with Crippen LogP contribution in [0.1, 0.15) is 12.8 Å². The normalized spacial score (nSPS) is 28.2. The molecule has 2 fully saturated rings. The van der Waals surface area contributed by atoms with Gasteiger partial charge in [0, 0.05) is 24.2 Å². The first kappa shape index (κ1) is 10.3. The molecular formula is C8H18N2OS. The largest absolute Gasteiger partial charge is 0.395 e. The van der Waals surface area contributed by atoms with Gasteiger partial charge in [0.1, 0.15) is 0 Å². The van der Waals surface area contributed by atoms with Crippen molar-refractivity contribution in [3.05, 3.63) is 0 Å². The fraction of sp³-hybridized carbons (Fsp3) is 1.00. The Morgan fingerprint density at radius 2 is 2.33 bits per heavy atom. The van der Waals surface area contributed by atoms with E-state index in [0.717, 1.165) is 13.0 Å². The fourth-order valence-corrected chi connectivity index (χ4v) is 2.00. The minimum atomic E-state index is 0.306. The molecule has 0 radical (unpaired) electrons. The van der Waals surface area contributed by atoms with Gasteiger partial charge in [-0.25, -0.2) is 0 Å². The van der Waals surface area contributed by atoms with Crippen LogP contribution in [-0.4, -0.2) is 42.5 Å². The number of aliphatic hydroxyl groups excluding tert-OH is 1. The molecule has 2 heterocycles. The van der Waals surface area contributed by atoms with Gasteiger partial charge in [0.2, 0.25) is 0 Å². The molecule has 1 atom stereocenters. The van der Waals surface area contributed by atoms with Crippen molar-refractivity contribution in [3.63, 3.8) is 0 Å². The van der Waals surface area contributed by atoms with Crippen LogP contribution in [0.15, 0.2) is 0 Å². The summed E-state index contributed by atoms with van der Waals surface area (Å²) < 4.78 is 0. The average Bonchev–Trinajstić information content (AvgIpc) is 2.81. The Hall–Kier alpha value is 0.230. The highest BCUT2D eigenvalue weighted by atomic mass is 32.2. The lowest BCUT2D eigenvalue weighted by Crippen LogP contribution is -2.24. The van der Waals surface area contributed by atoms with Gasteiger partial charge in [-0.2, -0.15) is 0 Å². The molecule has 2 rings (SSSR count). The molecule has 4 heteroatoms. The van der Waals surface area contributed by atoms with Crippen molar-refractivity contribution in [2.24, 2.45) is 0 Å². The zero-order chi connectivity index (χ0) is 8.65. The van der Waals surface area contributed by atoms with Crippen LogP contribution in [0.2, 0.25) is 0 Å². The second-order valence-electron chi connectivity index (χ2n) is 3.03. The summed E-state index contributed by atoms with van der Waals surface area (Å²) in [4.78, 5) is 0. The second-order valence-corrected chi connectivity index (χ2v) is 4.13. The van der Waals surface area contributed by atoms with Gasteiger partial charge < -0.3 is 15.7 Å². The summed E-state index contributed by atoms with van der Waals surface area (Å²) in [7, 11) is 0. The fourth-order valence-electron chi connectivity index (χ4n) is 1.27. The highest BCUT2D eigenvalue weighted by Gasteiger charge is 2.10. The molecule has 0 aromatic rings. The molecule has 0 aromatic carbocycles. The molecule has 0 unspecified atom stereocenters. The van der Waals surface area contributed by atoms with Crippen molar-refractivity contribution in [2.45, 2.75) is 18.9 Å². The van der Waals surface area contributed by atoms with Crippen molar-refractivity contribution in [1.82, 2.24) is 10.6 Å². The first-order valence-electron chi connectivity index (χ1n) is 4.56. The minimum Gasteiger partial charge on any atom is -0.395 e. The third kappa shape index (κ3) is 4.30. The lowest BCUT2D eigenvalue weighted by atomic mass is 10.2. The average molecular weight is 190 g/mol. The smallest absolute Gasteiger partial charge is 0.0584 e. The molecule has 3 nitrogen and oxygen atoms in total. The van der Waals surface area contributed by atoms with Gasteiger partial charge in [-0.05, 0) is 19.4 Å². The molecule has 12 heavy (non-hydrogen) atoms. The molecule has 2 aliphatic rings. The zero-order valence-corrected chi connectivity index (χ0v) is 8.20. The number of hydrogen-bond acceptors (Lipinski definition) is 4. The quantitative estimate of drug-likeness (QED) is 0.545. The van der Waals surface area contributed by atoms with Gasteiger partial charge in [0.05, 0.1) is 6.61 Å². The van der Waals surface area contributed by atoms with Crippen LogP contribution in [0.25, 0.3) is 0 Å². The summed E-state index contributed by atoms with van der Waals surface area (Å²) >= 11 is 1.96. The van der Waals surface area contributed by atoms with Crippen molar-refractivity contribution >= 4 is 11.8 Å². The van der Waals surface area contributed by atoms with E-state index in [0.29, 0.717) is 12.6 Å². The predicted octanol–water partition coefficient (Wildman–Crippen LogP) is 0.0110. The van der Waals surface area contributed by atoms with Gasteiger partial charge in [-0.3, -0.25) is 0 Å². The van der Waals surface area contributed by atoms with E-state index in [1.807, 2.05) is 11.8 Å². The maximum Gasteiger partial charge on any atom is 0.0584 e. The van der Waals surface area contributed by atoms with Gasteiger partial charge in [0.15, 0.2) is 0 Å². The van der Waals surface area contributed by atoms with E-state index in [1.54, 1.807) is 0 Å². The van der Waals surface area contributed by atoms with E-state index in [1.165, 1.54) is 24.6 Å². The lowest BCUT2D eigenvalue weighted by molar-refractivity contribution is 0.255. The van der Waals surface area contributed by atoms with E-state index >= 15 is 0 Å². The Balaban J connectivity index is 0.000000127. The van der Waals surface area contributed by atoms with Gasteiger partial charge in [-0.1, -0.05) is 0 Å². The summed E-state index contributed by atoms with van der Waals surface area (Å²) in [6.45, 7) is 2.61. The summed E-state index contributed by atoms with van der Waals surface area (Å²) in [5.41, 5.74) is 0. The lowest BCUT2D eigenvalue weighted by Gasteiger charge is -2.01. The van der Waals surface area contributed by atoms with E-state index < -0.39 is 0 Å². The molecule has 0 aliphatic carbocycles. The standard InChI is InChI=1S/C5H11NO.C3H7NS/c7-4-5-2-1-3-6-5;1-2-5-3-4-1/h5-7H,1-4H2;4H,1-3H2/t5-;/m1./s1. The van der Waals surface area contributed by atoms with Crippen molar-refractivity contribution in [3.8, 4) is 0 Å². The highest BCUT2D eigenvalue weighted by molar-refractivity contribution is 7.99. The molecule has 0 saturated carbocycles. The second kappa shape index (κ2) is 6.71. The monoisotopic (exact) mass is 190 g/mol. The van der Waals surface area contributed by atoms with Crippen LogP contribution in [0.4, 0.5) is 0 Å². The Labute approximate surface area is 78.3 Å². The van der Waals surface area contributed by atoms with Gasteiger partial charge >= 0.3 is 0 Å². The summed E-state index contributed by atoms with van der Waals surface area (Å²) in [6.07, 6.45) is 2.38. The summed E-state index contributed by atoms with van der Waals surface area (Å²) in [5, 5.41) is 14.8. The zero-order valence-electron chi connectivity index (χ0n) is 7.38. The SMILES string of the molecule is C1CSCN1.OC[C@H]1CCCN1. The maximum atomic E-state index is 8.50. The molecule has 3 N–H and O–H groups in total. The topological polar surface area (TPSA) is 44.3 Å². The molecule has 0 amide bonds. The van der Waals surface area contributed by atoms with Gasteiger partial charge in [-0.15, -0.1) is 11.8 Å². The van der Waals surface area contributed by atoms with Crippen LogP contribution in [0.5, 0.6) is 0 Å². The van der Waals surface area contributed by atoms with Crippen LogP contribution >= 0.6 is 11.8 Å². The number of thioether (sulfide) groups is 1. The summed E-state index contributed by atoms with van der Waals surface area (Å²) in [5.74, 6) is 2.47. The van der Waals surface area contributed by atoms with Crippen LogP contribution in [-0.2, 0) is 0 Å². The number of rotatable bonds is 1. The molecule has 0 spiro atoms. The minimum absolute atomic E-state index is 0.306. The van der Waals surface area contributed by atoms with Crippen LogP contribution < -0.4 is 10.6 Å². The Kier molecular flexibility index (Phi) is 5.77. The first-order valence-corrected chi connectivity index (χ1v) is 5.71. The van der Waals surface area contributed by atoms with Crippen LogP contribution in [0.3, 0.4) is 0 Å². The molecular weight excluding hydrogens is 172 g/mol. The number of nitrogens with one attached hydrogen (secondary N) is 2. The highest BCUT2D eigenvalue weighted by Crippen LogP contribution is 2.02. The van der Waals surface area contributed by atoms with Crippen LogP contribution in [0, 0.1) is 0 Å². The summed E-state index contributed by atoms with van der Waals surface area (Å²) in [6, 6.07) is 0.403. The first-order chi connectivity index (χ1) is 5.93. The van der Waals surface area contributed by atoms with Crippen molar-refractivity contribution < 1.29 is 5.11 Å².